The lowest BCUT2D eigenvalue weighted by Gasteiger charge is -2.27. The molecule has 1 aliphatic rings. The highest BCUT2D eigenvalue weighted by atomic mass is 16.1. The first-order chi connectivity index (χ1) is 9.20. The van der Waals surface area contributed by atoms with Crippen molar-refractivity contribution in [2.75, 3.05) is 0 Å². The molecule has 3 N–H and O–H groups in total. The van der Waals surface area contributed by atoms with E-state index in [9.17, 15) is 4.79 Å². The van der Waals surface area contributed by atoms with Crippen LogP contribution >= 0.6 is 0 Å². The zero-order valence-corrected chi connectivity index (χ0v) is 11.6. The molecule has 5 heteroatoms. The fourth-order valence-electron chi connectivity index (χ4n) is 2.77. The van der Waals surface area contributed by atoms with Gasteiger partial charge in [0.25, 0.3) is 0 Å². The molecule has 106 valence electrons. The predicted molar refractivity (Wildman–Crippen MR) is 74.3 cm³/mol. The number of aromatic nitrogens is 2. The van der Waals surface area contributed by atoms with E-state index in [-0.39, 0.29) is 11.8 Å². The van der Waals surface area contributed by atoms with Gasteiger partial charge in [0.05, 0.1) is 12.0 Å². The van der Waals surface area contributed by atoms with Crippen LogP contribution in [0.5, 0.6) is 0 Å². The van der Waals surface area contributed by atoms with Crippen molar-refractivity contribution in [3.8, 4) is 0 Å². The van der Waals surface area contributed by atoms with Gasteiger partial charge in [-0.1, -0.05) is 6.92 Å². The number of nitrogens with two attached hydrogens (primary N) is 1. The second-order valence-corrected chi connectivity index (χ2v) is 5.41. The Morgan fingerprint density at radius 1 is 1.47 bits per heavy atom. The van der Waals surface area contributed by atoms with Crippen LogP contribution in [0.25, 0.3) is 0 Å². The smallest absolute Gasteiger partial charge is 0.220 e. The minimum Gasteiger partial charge on any atom is -0.369 e. The van der Waals surface area contributed by atoms with E-state index in [4.69, 9.17) is 5.73 Å². The minimum absolute atomic E-state index is 0.0867. The number of hydrogen-bond acceptors (Lipinski definition) is 3. The Balaban J connectivity index is 1.77. The molecule has 1 saturated carbocycles. The van der Waals surface area contributed by atoms with Crippen molar-refractivity contribution in [1.29, 1.82) is 0 Å². The Labute approximate surface area is 114 Å². The van der Waals surface area contributed by atoms with Gasteiger partial charge in [0.2, 0.25) is 5.91 Å². The lowest BCUT2D eigenvalue weighted by atomic mass is 9.85. The van der Waals surface area contributed by atoms with E-state index < -0.39 is 0 Å². The highest BCUT2D eigenvalue weighted by Crippen LogP contribution is 2.24. The maximum absolute atomic E-state index is 11.1. The third-order valence-corrected chi connectivity index (χ3v) is 3.96. The van der Waals surface area contributed by atoms with Crippen LogP contribution in [-0.4, -0.2) is 21.5 Å². The average Bonchev–Trinajstić information content (AvgIpc) is 2.85. The van der Waals surface area contributed by atoms with Crippen LogP contribution in [0.3, 0.4) is 0 Å². The quantitative estimate of drug-likeness (QED) is 0.816. The average molecular weight is 264 g/mol. The Bertz CT molecular complexity index is 407. The maximum Gasteiger partial charge on any atom is 0.220 e. The molecular formula is C14H24N4O. The second-order valence-electron chi connectivity index (χ2n) is 5.41. The van der Waals surface area contributed by atoms with Gasteiger partial charge in [0.15, 0.2) is 0 Å². The summed E-state index contributed by atoms with van der Waals surface area (Å²) in [6.45, 7) is 4.04. The molecule has 0 bridgehead atoms. The number of amides is 1. The summed E-state index contributed by atoms with van der Waals surface area (Å²) in [4.78, 5) is 15.3. The lowest BCUT2D eigenvalue weighted by molar-refractivity contribution is -0.122. The number of nitrogens with one attached hydrogen (secondary N) is 1. The zero-order chi connectivity index (χ0) is 13.7. The lowest BCUT2D eigenvalue weighted by Crippen LogP contribution is -2.36. The number of imidazole rings is 1. The molecule has 1 fully saturated rings. The van der Waals surface area contributed by atoms with Crippen molar-refractivity contribution in [3.05, 3.63) is 18.2 Å². The van der Waals surface area contributed by atoms with Gasteiger partial charge < -0.3 is 15.6 Å². The molecule has 0 radical (unpaired) electrons. The van der Waals surface area contributed by atoms with Gasteiger partial charge in [-0.15, -0.1) is 0 Å². The maximum atomic E-state index is 11.1. The summed E-state index contributed by atoms with van der Waals surface area (Å²) >= 11 is 0. The molecule has 1 heterocycles. The molecule has 0 unspecified atom stereocenters. The molecule has 1 amide bonds. The summed E-state index contributed by atoms with van der Waals surface area (Å²) in [7, 11) is 0. The summed E-state index contributed by atoms with van der Waals surface area (Å²) in [5.41, 5.74) is 6.58. The fourth-order valence-corrected chi connectivity index (χ4v) is 2.77. The van der Waals surface area contributed by atoms with Crippen LogP contribution < -0.4 is 11.1 Å². The van der Waals surface area contributed by atoms with Gasteiger partial charge in [0.1, 0.15) is 0 Å². The Hall–Kier alpha value is -1.36. The summed E-state index contributed by atoms with van der Waals surface area (Å²) in [6.07, 6.45) is 8.85. The van der Waals surface area contributed by atoms with Crippen molar-refractivity contribution in [2.24, 2.45) is 11.7 Å². The molecule has 19 heavy (non-hydrogen) atoms. The van der Waals surface area contributed by atoms with Gasteiger partial charge in [-0.25, -0.2) is 4.98 Å². The topological polar surface area (TPSA) is 72.9 Å². The first kappa shape index (κ1) is 14.1. The molecular weight excluding hydrogens is 240 g/mol. The van der Waals surface area contributed by atoms with Gasteiger partial charge in [-0.05, 0) is 32.1 Å². The van der Waals surface area contributed by atoms with Crippen LogP contribution in [-0.2, 0) is 17.9 Å². The van der Waals surface area contributed by atoms with E-state index >= 15 is 0 Å². The normalized spacial score (nSPS) is 23.4. The van der Waals surface area contributed by atoms with Crippen LogP contribution in [0.15, 0.2) is 12.5 Å². The monoisotopic (exact) mass is 264 g/mol. The first-order valence-electron chi connectivity index (χ1n) is 7.22. The number of carbonyl (C=O) groups excluding carboxylic acids is 1. The Morgan fingerprint density at radius 2 is 2.21 bits per heavy atom. The Morgan fingerprint density at radius 3 is 2.84 bits per heavy atom. The van der Waals surface area contributed by atoms with Gasteiger partial charge in [-0.2, -0.15) is 0 Å². The van der Waals surface area contributed by atoms with E-state index in [1.807, 2.05) is 12.5 Å². The van der Waals surface area contributed by atoms with Crippen molar-refractivity contribution in [3.63, 3.8) is 0 Å². The largest absolute Gasteiger partial charge is 0.369 e. The zero-order valence-electron chi connectivity index (χ0n) is 11.6. The molecule has 0 saturated heterocycles. The summed E-state index contributed by atoms with van der Waals surface area (Å²) < 4.78 is 2.20. The third kappa shape index (κ3) is 3.80. The molecule has 0 aliphatic heterocycles. The highest BCUT2D eigenvalue weighted by molar-refractivity contribution is 5.76. The van der Waals surface area contributed by atoms with Crippen LogP contribution in [0.1, 0.15) is 44.7 Å². The summed E-state index contributed by atoms with van der Waals surface area (Å²) in [5, 5.41) is 3.57. The summed E-state index contributed by atoms with van der Waals surface area (Å²) in [5.74, 6) is -0.0526. The number of nitrogens with zero attached hydrogens (tertiary/aromatic N) is 2. The van der Waals surface area contributed by atoms with E-state index in [1.165, 1.54) is 5.69 Å². The molecule has 5 nitrogen and oxygen atoms in total. The number of primary amides is 1. The second kappa shape index (κ2) is 6.70. The molecule has 0 atom stereocenters. The summed E-state index contributed by atoms with van der Waals surface area (Å²) in [6, 6.07) is 0.501. The van der Waals surface area contributed by atoms with Gasteiger partial charge in [-0.3, -0.25) is 4.79 Å². The molecule has 0 spiro atoms. The van der Waals surface area contributed by atoms with E-state index in [0.717, 1.165) is 45.2 Å². The van der Waals surface area contributed by atoms with Crippen LogP contribution in [0.2, 0.25) is 0 Å². The van der Waals surface area contributed by atoms with E-state index in [0.29, 0.717) is 6.04 Å². The SMILES string of the molecule is CCCn1cncc1CNC1CCC(C(N)=O)CC1. The predicted octanol–water partition coefficient (Wildman–Crippen LogP) is 1.43. The number of rotatable bonds is 6. The number of carbonyl (C=O) groups is 1. The van der Waals surface area contributed by atoms with Gasteiger partial charge >= 0.3 is 0 Å². The van der Waals surface area contributed by atoms with Crippen molar-refractivity contribution >= 4 is 5.91 Å². The highest BCUT2D eigenvalue weighted by Gasteiger charge is 2.24. The third-order valence-electron chi connectivity index (χ3n) is 3.96. The first-order valence-corrected chi connectivity index (χ1v) is 7.22. The van der Waals surface area contributed by atoms with Crippen LogP contribution in [0.4, 0.5) is 0 Å². The van der Waals surface area contributed by atoms with E-state index in [1.54, 1.807) is 0 Å². The molecule has 1 aromatic rings. The number of hydrogen-bond donors (Lipinski definition) is 2. The number of aryl methyl sites for hydroxylation is 1. The minimum atomic E-state index is -0.139. The van der Waals surface area contributed by atoms with Crippen molar-refractivity contribution in [2.45, 2.75) is 58.2 Å². The fraction of sp³-hybridized carbons (Fsp3) is 0.714. The molecule has 1 aliphatic carbocycles. The molecule has 0 aromatic carbocycles. The van der Waals surface area contributed by atoms with Crippen molar-refractivity contribution in [1.82, 2.24) is 14.9 Å². The molecule has 2 rings (SSSR count). The van der Waals surface area contributed by atoms with Crippen LogP contribution in [0, 0.1) is 5.92 Å². The molecule has 1 aromatic heterocycles. The van der Waals surface area contributed by atoms with E-state index in [2.05, 4.69) is 21.8 Å². The van der Waals surface area contributed by atoms with Gasteiger partial charge in [0, 0.05) is 31.2 Å². The van der Waals surface area contributed by atoms with Crippen molar-refractivity contribution < 1.29 is 4.79 Å². The standard InChI is InChI=1S/C14H24N4O/c1-2-7-18-10-16-8-13(18)9-17-12-5-3-11(4-6-12)14(15)19/h8,10-12,17H,2-7,9H2,1H3,(H2,15,19). The Kier molecular flexibility index (Phi) is 4.96.